The summed E-state index contributed by atoms with van der Waals surface area (Å²) in [4.78, 5) is 33.4. The Balaban J connectivity index is 1.63. The first-order valence-corrected chi connectivity index (χ1v) is 9.01. The Labute approximate surface area is 164 Å². The molecule has 0 aliphatic rings. The first-order valence-electron chi connectivity index (χ1n) is 9.01. The van der Waals surface area contributed by atoms with Crippen LogP contribution in [0, 0.1) is 6.92 Å². The molecule has 0 N–H and O–H groups in total. The van der Waals surface area contributed by atoms with Gasteiger partial charge in [0.1, 0.15) is 0 Å². The van der Waals surface area contributed by atoms with E-state index in [-0.39, 0.29) is 11.8 Å². The molecule has 5 aromatic rings. The minimum Gasteiger partial charge on any atom is -0.403 e. The van der Waals surface area contributed by atoms with Gasteiger partial charge < -0.3 is 8.83 Å². The van der Waals surface area contributed by atoms with Gasteiger partial charge in [-0.15, -0.1) is 0 Å². The number of fused-ring (bicyclic) bond motifs is 2. The van der Waals surface area contributed by atoms with E-state index in [1.54, 1.807) is 48.5 Å². The van der Waals surface area contributed by atoms with Crippen LogP contribution in [-0.2, 0) is 0 Å². The molecule has 0 amide bonds. The Morgan fingerprint density at radius 3 is 1.86 bits per heavy atom. The van der Waals surface area contributed by atoms with E-state index in [1.165, 1.54) is 0 Å². The molecular weight excluding hydrogens is 368 g/mol. The van der Waals surface area contributed by atoms with Gasteiger partial charge in [0.25, 0.3) is 0 Å². The van der Waals surface area contributed by atoms with Crippen LogP contribution in [0.1, 0.15) is 5.56 Å². The number of nitrogens with zero attached hydrogens (tertiary/aromatic N) is 2. The highest BCUT2D eigenvalue weighted by Gasteiger charge is 2.14. The van der Waals surface area contributed by atoms with Gasteiger partial charge in [-0.1, -0.05) is 24.3 Å². The molecule has 0 spiro atoms. The van der Waals surface area contributed by atoms with E-state index in [9.17, 15) is 9.59 Å². The zero-order chi connectivity index (χ0) is 20.0. The number of rotatable bonds is 2. The van der Waals surface area contributed by atoms with Crippen LogP contribution in [0.15, 0.2) is 85.2 Å². The lowest BCUT2D eigenvalue weighted by Crippen LogP contribution is -2.04. The van der Waals surface area contributed by atoms with Crippen LogP contribution in [0.4, 0.5) is 0 Å². The van der Waals surface area contributed by atoms with Crippen LogP contribution >= 0.6 is 0 Å². The first kappa shape index (κ1) is 17.1. The number of hydrogen-bond acceptors (Lipinski definition) is 6. The Morgan fingerprint density at radius 1 is 0.690 bits per heavy atom. The minimum atomic E-state index is -0.436. The van der Waals surface area contributed by atoms with Crippen molar-refractivity contribution in [1.82, 2.24) is 9.97 Å². The zero-order valence-electron chi connectivity index (χ0n) is 15.4. The number of hydrogen-bond donors (Lipinski definition) is 0. The monoisotopic (exact) mass is 382 g/mol. The molecule has 0 aliphatic carbocycles. The first-order chi connectivity index (χ1) is 14.1. The summed E-state index contributed by atoms with van der Waals surface area (Å²) in [5, 5.41) is 0.874. The quantitative estimate of drug-likeness (QED) is 0.452. The zero-order valence-corrected chi connectivity index (χ0v) is 15.4. The third-order valence-corrected chi connectivity index (χ3v) is 4.77. The van der Waals surface area contributed by atoms with Crippen molar-refractivity contribution < 1.29 is 8.83 Å². The number of para-hydroxylation sites is 2. The lowest BCUT2D eigenvalue weighted by molar-refractivity contribution is 0.516. The van der Waals surface area contributed by atoms with Crippen molar-refractivity contribution in [3.63, 3.8) is 0 Å². The van der Waals surface area contributed by atoms with Gasteiger partial charge in [-0.3, -0.25) is 0 Å². The molecule has 0 saturated heterocycles. The molecule has 6 nitrogen and oxygen atoms in total. The van der Waals surface area contributed by atoms with Gasteiger partial charge in [-0.25, -0.2) is 19.6 Å². The second-order valence-corrected chi connectivity index (χ2v) is 6.68. The van der Waals surface area contributed by atoms with Gasteiger partial charge in [0.05, 0.1) is 21.8 Å². The Morgan fingerprint density at radius 2 is 1.24 bits per heavy atom. The Bertz CT molecular complexity index is 1520. The summed E-state index contributed by atoms with van der Waals surface area (Å²) < 4.78 is 10.8. The third-order valence-electron chi connectivity index (χ3n) is 4.77. The highest BCUT2D eigenvalue weighted by atomic mass is 16.4. The smallest absolute Gasteiger partial charge is 0.347 e. The predicted molar refractivity (Wildman–Crippen MR) is 110 cm³/mol. The van der Waals surface area contributed by atoms with E-state index in [4.69, 9.17) is 8.83 Å². The normalized spacial score (nSPS) is 11.2. The van der Waals surface area contributed by atoms with Gasteiger partial charge in [0, 0.05) is 11.1 Å². The maximum Gasteiger partial charge on any atom is 0.347 e. The molecule has 0 radical (unpaired) electrons. The fourth-order valence-corrected chi connectivity index (χ4v) is 3.31. The largest absolute Gasteiger partial charge is 0.403 e. The van der Waals surface area contributed by atoms with Gasteiger partial charge in [0.2, 0.25) is 11.8 Å². The Kier molecular flexibility index (Phi) is 3.84. The summed E-state index contributed by atoms with van der Waals surface area (Å²) in [5.74, 6) is 0.474. The summed E-state index contributed by atoms with van der Waals surface area (Å²) in [6.07, 6.45) is 0. The van der Waals surface area contributed by atoms with E-state index in [0.29, 0.717) is 32.9 Å². The van der Waals surface area contributed by atoms with E-state index in [0.717, 1.165) is 5.56 Å². The van der Waals surface area contributed by atoms with Crippen molar-refractivity contribution in [2.45, 2.75) is 6.92 Å². The molecule has 6 heteroatoms. The fourth-order valence-electron chi connectivity index (χ4n) is 3.31. The molecule has 0 saturated carbocycles. The number of aryl methyl sites for hydroxylation is 1. The highest BCUT2D eigenvalue weighted by molar-refractivity contribution is 5.80. The average molecular weight is 382 g/mol. The standard InChI is InChI=1S/C23H14N2O4/c1-13-12-14(20-24-18-8-4-2-6-16(18)22(26)28-20)10-11-15(13)21-25-19-9-5-3-7-17(19)23(27)29-21/h2-12H,1H3. The molecular formula is C23H14N2O4. The van der Waals surface area contributed by atoms with Crippen LogP contribution in [0.2, 0.25) is 0 Å². The summed E-state index contributed by atoms with van der Waals surface area (Å²) in [5.41, 5.74) is 2.42. The van der Waals surface area contributed by atoms with Crippen LogP contribution in [0.5, 0.6) is 0 Å². The average Bonchev–Trinajstić information content (AvgIpc) is 2.73. The second-order valence-electron chi connectivity index (χ2n) is 6.68. The van der Waals surface area contributed by atoms with Gasteiger partial charge >= 0.3 is 11.3 Å². The molecule has 0 fully saturated rings. The third kappa shape index (κ3) is 2.91. The van der Waals surface area contributed by atoms with Gasteiger partial charge in [-0.05, 0) is 55.0 Å². The SMILES string of the molecule is Cc1cc(-c2nc3ccccc3c(=O)o2)ccc1-c1nc2ccccc2c(=O)o1. The lowest BCUT2D eigenvalue weighted by Gasteiger charge is -2.07. The van der Waals surface area contributed by atoms with E-state index in [1.807, 2.05) is 25.1 Å². The van der Waals surface area contributed by atoms with E-state index < -0.39 is 11.3 Å². The maximum atomic E-state index is 12.3. The molecule has 0 aliphatic heterocycles. The topological polar surface area (TPSA) is 86.2 Å². The lowest BCUT2D eigenvalue weighted by atomic mass is 10.0. The van der Waals surface area contributed by atoms with Crippen molar-refractivity contribution in [3.8, 4) is 22.9 Å². The molecule has 29 heavy (non-hydrogen) atoms. The van der Waals surface area contributed by atoms with Crippen LogP contribution in [-0.4, -0.2) is 9.97 Å². The second kappa shape index (κ2) is 6.53. The molecule has 5 rings (SSSR count). The van der Waals surface area contributed by atoms with E-state index >= 15 is 0 Å². The molecule has 140 valence electrons. The molecule has 0 atom stereocenters. The van der Waals surface area contributed by atoms with Gasteiger partial charge in [0.15, 0.2) is 0 Å². The molecule has 2 heterocycles. The van der Waals surface area contributed by atoms with Crippen LogP contribution in [0.3, 0.4) is 0 Å². The molecule has 3 aromatic carbocycles. The number of benzene rings is 3. The molecule has 2 aromatic heterocycles. The van der Waals surface area contributed by atoms with Crippen LogP contribution < -0.4 is 11.3 Å². The molecule has 0 bridgehead atoms. The van der Waals surface area contributed by atoms with Crippen molar-refractivity contribution in [2.75, 3.05) is 0 Å². The number of aromatic nitrogens is 2. The van der Waals surface area contributed by atoms with Crippen LogP contribution in [0.25, 0.3) is 44.7 Å². The van der Waals surface area contributed by atoms with Crippen molar-refractivity contribution in [1.29, 1.82) is 0 Å². The maximum absolute atomic E-state index is 12.3. The highest BCUT2D eigenvalue weighted by Crippen LogP contribution is 2.27. The summed E-state index contributed by atoms with van der Waals surface area (Å²) in [7, 11) is 0. The van der Waals surface area contributed by atoms with Crippen molar-refractivity contribution >= 4 is 21.8 Å². The Hall–Kier alpha value is -4.06. The summed E-state index contributed by atoms with van der Waals surface area (Å²) >= 11 is 0. The summed E-state index contributed by atoms with van der Waals surface area (Å²) in [6, 6.07) is 19.4. The van der Waals surface area contributed by atoms with Crippen molar-refractivity contribution in [3.05, 3.63) is 93.1 Å². The fraction of sp³-hybridized carbons (Fsp3) is 0.0435. The molecule has 0 unspecified atom stereocenters. The summed E-state index contributed by atoms with van der Waals surface area (Å²) in [6.45, 7) is 1.87. The minimum absolute atomic E-state index is 0.233. The van der Waals surface area contributed by atoms with Crippen molar-refractivity contribution in [2.24, 2.45) is 0 Å². The van der Waals surface area contributed by atoms with E-state index in [2.05, 4.69) is 9.97 Å². The van der Waals surface area contributed by atoms with Gasteiger partial charge in [-0.2, -0.15) is 0 Å². The predicted octanol–water partition coefficient (Wildman–Crippen LogP) is 4.33.